The van der Waals surface area contributed by atoms with Crippen LogP contribution >= 0.6 is 0 Å². The third kappa shape index (κ3) is 3.03. The lowest BCUT2D eigenvalue weighted by Crippen LogP contribution is -2.49. The number of nitrogens with two attached hydrogens (primary N) is 1. The number of rotatable bonds is 4. The van der Waals surface area contributed by atoms with Gasteiger partial charge in [-0.25, -0.2) is 15.0 Å². The molecule has 3 rings (SSSR count). The highest BCUT2D eigenvalue weighted by molar-refractivity contribution is 5.90. The molecule has 2 aromatic rings. The highest BCUT2D eigenvalue weighted by Gasteiger charge is 2.24. The van der Waals surface area contributed by atoms with Gasteiger partial charge in [0.15, 0.2) is 0 Å². The number of carbonyl (C=O) groups is 1. The first-order chi connectivity index (χ1) is 10.8. The molecule has 1 saturated heterocycles. The van der Waals surface area contributed by atoms with E-state index in [1.165, 1.54) is 6.33 Å². The topological polar surface area (TPSA) is 117 Å². The minimum Gasteiger partial charge on any atom is -0.353 e. The van der Waals surface area contributed by atoms with Crippen LogP contribution in [0, 0.1) is 0 Å². The minimum absolute atomic E-state index is 0.122. The highest BCUT2D eigenvalue weighted by atomic mass is 16.2. The number of piperazine rings is 1. The molecule has 3 N–H and O–H groups in total. The molecular weight excluding hydrogens is 284 g/mol. The van der Waals surface area contributed by atoms with E-state index in [1.54, 1.807) is 11.2 Å². The largest absolute Gasteiger partial charge is 0.353 e. The zero-order valence-electron chi connectivity index (χ0n) is 12.1. The van der Waals surface area contributed by atoms with Crippen LogP contribution in [0.15, 0.2) is 18.7 Å². The molecule has 1 aliphatic rings. The van der Waals surface area contributed by atoms with Crippen LogP contribution in [0.25, 0.3) is 0 Å². The SMILES string of the molecule is NCCc1cc(N2CCN(C(=O)c3ncn[nH]3)CC2)ncn1. The summed E-state index contributed by atoms with van der Waals surface area (Å²) in [4.78, 5) is 28.5. The van der Waals surface area contributed by atoms with Gasteiger partial charge in [-0.05, 0) is 6.54 Å². The summed E-state index contributed by atoms with van der Waals surface area (Å²) in [6.45, 7) is 3.25. The quantitative estimate of drug-likeness (QED) is 0.748. The lowest BCUT2D eigenvalue weighted by molar-refractivity contribution is 0.0734. The van der Waals surface area contributed by atoms with Gasteiger partial charge in [0.2, 0.25) is 5.82 Å². The third-order valence-electron chi connectivity index (χ3n) is 3.62. The fourth-order valence-electron chi connectivity index (χ4n) is 2.44. The van der Waals surface area contributed by atoms with Crippen LogP contribution in [-0.2, 0) is 6.42 Å². The maximum Gasteiger partial charge on any atom is 0.291 e. The molecule has 1 fully saturated rings. The Morgan fingerprint density at radius 1 is 1.18 bits per heavy atom. The molecule has 0 spiro atoms. The number of amides is 1. The Morgan fingerprint density at radius 3 is 2.68 bits per heavy atom. The molecule has 2 aromatic heterocycles. The minimum atomic E-state index is -0.122. The highest BCUT2D eigenvalue weighted by Crippen LogP contribution is 2.14. The molecule has 1 amide bonds. The Kier molecular flexibility index (Phi) is 4.24. The lowest BCUT2D eigenvalue weighted by atomic mass is 10.2. The number of aromatic nitrogens is 5. The van der Waals surface area contributed by atoms with E-state index in [4.69, 9.17) is 5.73 Å². The Bertz CT molecular complexity index is 621. The van der Waals surface area contributed by atoms with Gasteiger partial charge in [0.05, 0.1) is 0 Å². The van der Waals surface area contributed by atoms with Crippen molar-refractivity contribution in [2.24, 2.45) is 5.73 Å². The van der Waals surface area contributed by atoms with Crippen molar-refractivity contribution in [2.45, 2.75) is 6.42 Å². The number of hydrogen-bond acceptors (Lipinski definition) is 7. The number of anilines is 1. The summed E-state index contributed by atoms with van der Waals surface area (Å²) in [5, 5.41) is 6.31. The molecule has 0 unspecified atom stereocenters. The van der Waals surface area contributed by atoms with Crippen molar-refractivity contribution in [1.29, 1.82) is 0 Å². The first-order valence-electron chi connectivity index (χ1n) is 7.18. The van der Waals surface area contributed by atoms with E-state index in [-0.39, 0.29) is 11.7 Å². The summed E-state index contributed by atoms with van der Waals surface area (Å²) < 4.78 is 0. The van der Waals surface area contributed by atoms with E-state index in [2.05, 4.69) is 30.0 Å². The maximum atomic E-state index is 12.2. The Labute approximate surface area is 127 Å². The fraction of sp³-hybridized carbons (Fsp3) is 0.462. The van der Waals surface area contributed by atoms with Crippen LogP contribution in [0.1, 0.15) is 16.3 Å². The molecule has 0 radical (unpaired) electrons. The molecular formula is C13H18N8O. The smallest absolute Gasteiger partial charge is 0.291 e. The van der Waals surface area contributed by atoms with E-state index in [1.807, 2.05) is 6.07 Å². The number of H-pyrrole nitrogens is 1. The molecule has 0 bridgehead atoms. The van der Waals surface area contributed by atoms with Gasteiger partial charge in [0, 0.05) is 44.4 Å². The Balaban J connectivity index is 1.62. The van der Waals surface area contributed by atoms with Crippen LogP contribution in [0.2, 0.25) is 0 Å². The van der Waals surface area contributed by atoms with Gasteiger partial charge >= 0.3 is 0 Å². The second-order valence-corrected chi connectivity index (χ2v) is 5.02. The van der Waals surface area contributed by atoms with Crippen molar-refractivity contribution in [1.82, 2.24) is 30.0 Å². The lowest BCUT2D eigenvalue weighted by Gasteiger charge is -2.35. The van der Waals surface area contributed by atoms with E-state index in [9.17, 15) is 4.79 Å². The predicted molar refractivity (Wildman–Crippen MR) is 79.3 cm³/mol. The van der Waals surface area contributed by atoms with Crippen molar-refractivity contribution in [3.8, 4) is 0 Å². The molecule has 9 nitrogen and oxygen atoms in total. The van der Waals surface area contributed by atoms with E-state index in [0.717, 1.165) is 31.0 Å². The summed E-state index contributed by atoms with van der Waals surface area (Å²) in [7, 11) is 0. The van der Waals surface area contributed by atoms with E-state index >= 15 is 0 Å². The molecule has 1 aliphatic heterocycles. The fourth-order valence-corrected chi connectivity index (χ4v) is 2.44. The van der Waals surface area contributed by atoms with Crippen LogP contribution < -0.4 is 10.6 Å². The molecule has 0 aromatic carbocycles. The second kappa shape index (κ2) is 6.48. The van der Waals surface area contributed by atoms with Gasteiger partial charge in [-0.15, -0.1) is 0 Å². The Hall–Kier alpha value is -2.55. The Morgan fingerprint density at radius 2 is 2.00 bits per heavy atom. The van der Waals surface area contributed by atoms with Gasteiger partial charge in [-0.2, -0.15) is 5.10 Å². The number of nitrogens with zero attached hydrogens (tertiary/aromatic N) is 6. The van der Waals surface area contributed by atoms with Crippen LogP contribution in [-0.4, -0.2) is 68.7 Å². The predicted octanol–water partition coefficient (Wildman–Crippen LogP) is -0.942. The summed E-state index contributed by atoms with van der Waals surface area (Å²) in [6, 6.07) is 1.96. The van der Waals surface area contributed by atoms with Gasteiger partial charge in [0.1, 0.15) is 18.5 Å². The van der Waals surface area contributed by atoms with E-state index < -0.39 is 0 Å². The average molecular weight is 302 g/mol. The zero-order chi connectivity index (χ0) is 15.4. The van der Waals surface area contributed by atoms with Gasteiger partial charge in [-0.1, -0.05) is 0 Å². The van der Waals surface area contributed by atoms with E-state index in [0.29, 0.717) is 19.6 Å². The summed E-state index contributed by atoms with van der Waals surface area (Å²) >= 11 is 0. The summed E-state index contributed by atoms with van der Waals surface area (Å²) in [6.07, 6.45) is 3.63. The first-order valence-corrected chi connectivity index (χ1v) is 7.18. The van der Waals surface area contributed by atoms with Crippen molar-refractivity contribution < 1.29 is 4.79 Å². The van der Waals surface area contributed by atoms with Crippen molar-refractivity contribution in [3.05, 3.63) is 30.2 Å². The number of carbonyl (C=O) groups excluding carboxylic acids is 1. The molecule has 0 aliphatic carbocycles. The van der Waals surface area contributed by atoms with Gasteiger partial charge in [0.25, 0.3) is 5.91 Å². The summed E-state index contributed by atoms with van der Waals surface area (Å²) in [5.74, 6) is 1.04. The number of hydrogen-bond donors (Lipinski definition) is 2. The van der Waals surface area contributed by atoms with Crippen LogP contribution in [0.3, 0.4) is 0 Å². The molecule has 22 heavy (non-hydrogen) atoms. The van der Waals surface area contributed by atoms with Gasteiger partial charge < -0.3 is 15.5 Å². The van der Waals surface area contributed by atoms with Gasteiger partial charge in [-0.3, -0.25) is 9.89 Å². The second-order valence-electron chi connectivity index (χ2n) is 5.02. The standard InChI is InChI=1S/C13H18N8O/c14-2-1-10-7-11(16-8-15-10)20-3-5-21(6-4-20)13(22)12-17-9-18-19-12/h7-9H,1-6,14H2,(H,17,18,19). The van der Waals surface area contributed by atoms with Crippen molar-refractivity contribution in [3.63, 3.8) is 0 Å². The average Bonchev–Trinajstić information content (AvgIpc) is 3.09. The van der Waals surface area contributed by atoms with Crippen molar-refractivity contribution >= 4 is 11.7 Å². The normalized spacial score (nSPS) is 15.1. The molecule has 0 saturated carbocycles. The molecule has 3 heterocycles. The monoisotopic (exact) mass is 302 g/mol. The zero-order valence-corrected chi connectivity index (χ0v) is 12.1. The maximum absolute atomic E-state index is 12.2. The van der Waals surface area contributed by atoms with Crippen LogP contribution in [0.5, 0.6) is 0 Å². The third-order valence-corrected chi connectivity index (χ3v) is 3.62. The first kappa shape index (κ1) is 14.4. The molecule has 0 atom stereocenters. The van der Waals surface area contributed by atoms with Crippen molar-refractivity contribution in [2.75, 3.05) is 37.6 Å². The molecule has 9 heteroatoms. The van der Waals surface area contributed by atoms with Crippen LogP contribution in [0.4, 0.5) is 5.82 Å². The summed E-state index contributed by atoms with van der Waals surface area (Å²) in [5.41, 5.74) is 6.49. The molecule has 116 valence electrons. The number of nitrogens with one attached hydrogen (secondary N) is 1. The number of aromatic amines is 1.